The minimum atomic E-state index is -3.71. The lowest BCUT2D eigenvalue weighted by Crippen LogP contribution is -2.41. The first-order valence-electron chi connectivity index (χ1n) is 7.93. The van der Waals surface area contributed by atoms with E-state index in [2.05, 4.69) is 5.32 Å². The highest BCUT2D eigenvalue weighted by atomic mass is 35.5. The summed E-state index contributed by atoms with van der Waals surface area (Å²) in [4.78, 5) is 12.3. The van der Waals surface area contributed by atoms with Gasteiger partial charge in [-0.1, -0.05) is 66.5 Å². The lowest BCUT2D eigenvalue weighted by Gasteiger charge is -2.23. The molecule has 0 aromatic heterocycles. The summed E-state index contributed by atoms with van der Waals surface area (Å²) in [5.41, 5.74) is 1.26. The quantitative estimate of drug-likeness (QED) is 0.750. The third-order valence-corrected chi connectivity index (χ3v) is 5.80. The Labute approximate surface area is 164 Å². The highest BCUT2D eigenvalue weighted by molar-refractivity contribution is 7.92. The second-order valence-electron chi connectivity index (χ2n) is 5.96. The van der Waals surface area contributed by atoms with Crippen LogP contribution in [-0.2, 0) is 14.8 Å². The summed E-state index contributed by atoms with van der Waals surface area (Å²) in [5.74, 6) is -0.323. The smallest absolute Gasteiger partial charge is 0.240 e. The van der Waals surface area contributed by atoms with Crippen LogP contribution in [0.15, 0.2) is 48.5 Å². The van der Waals surface area contributed by atoms with E-state index < -0.39 is 15.9 Å². The van der Waals surface area contributed by atoms with E-state index in [1.54, 1.807) is 12.1 Å². The standard InChI is InChI=1S/C18H20Cl2N2O3S/c1-13(14-7-4-3-5-8-14)11-21-17(23)12-22(26(2,24)25)16-10-6-9-15(19)18(16)20/h3-10,13H,11-12H2,1-2H3,(H,21,23)/t13-/m1/s1. The van der Waals surface area contributed by atoms with Crippen molar-refractivity contribution in [3.05, 3.63) is 64.1 Å². The molecule has 5 nitrogen and oxygen atoms in total. The molecule has 0 saturated carbocycles. The number of anilines is 1. The minimum absolute atomic E-state index is 0.0880. The molecule has 1 amide bonds. The molecule has 26 heavy (non-hydrogen) atoms. The van der Waals surface area contributed by atoms with Crippen LogP contribution in [0, 0.1) is 0 Å². The van der Waals surface area contributed by atoms with E-state index >= 15 is 0 Å². The van der Waals surface area contributed by atoms with Gasteiger partial charge in [-0.2, -0.15) is 0 Å². The first-order chi connectivity index (χ1) is 12.2. The van der Waals surface area contributed by atoms with Crippen molar-refractivity contribution in [2.45, 2.75) is 12.8 Å². The predicted molar refractivity (Wildman–Crippen MR) is 107 cm³/mol. The number of benzene rings is 2. The zero-order chi connectivity index (χ0) is 19.3. The molecule has 140 valence electrons. The Balaban J connectivity index is 2.09. The fourth-order valence-electron chi connectivity index (χ4n) is 2.42. The maximum atomic E-state index is 12.3. The highest BCUT2D eigenvalue weighted by Gasteiger charge is 2.24. The van der Waals surface area contributed by atoms with Gasteiger partial charge in [0, 0.05) is 6.54 Å². The molecule has 0 saturated heterocycles. The van der Waals surface area contributed by atoms with Gasteiger partial charge in [0.25, 0.3) is 0 Å². The van der Waals surface area contributed by atoms with Crippen molar-refractivity contribution >= 4 is 44.8 Å². The van der Waals surface area contributed by atoms with Crippen LogP contribution in [0.2, 0.25) is 10.0 Å². The molecule has 2 rings (SSSR count). The predicted octanol–water partition coefficient (Wildman–Crippen LogP) is 3.68. The maximum absolute atomic E-state index is 12.3. The van der Waals surface area contributed by atoms with Crippen LogP contribution in [0.4, 0.5) is 5.69 Å². The highest BCUT2D eigenvalue weighted by Crippen LogP contribution is 2.33. The van der Waals surface area contributed by atoms with Crippen LogP contribution >= 0.6 is 23.2 Å². The normalized spacial score (nSPS) is 12.5. The summed E-state index contributed by atoms with van der Waals surface area (Å²) in [5, 5.41) is 3.07. The van der Waals surface area contributed by atoms with E-state index in [0.717, 1.165) is 16.1 Å². The Morgan fingerprint density at radius 3 is 2.38 bits per heavy atom. The Morgan fingerprint density at radius 2 is 1.77 bits per heavy atom. The van der Waals surface area contributed by atoms with Crippen molar-refractivity contribution in [1.29, 1.82) is 0 Å². The van der Waals surface area contributed by atoms with Crippen LogP contribution in [0.3, 0.4) is 0 Å². The van der Waals surface area contributed by atoms with Crippen molar-refractivity contribution in [3.8, 4) is 0 Å². The number of hydrogen-bond acceptors (Lipinski definition) is 3. The number of nitrogens with one attached hydrogen (secondary N) is 1. The number of halogens is 2. The molecule has 0 heterocycles. The molecule has 1 N–H and O–H groups in total. The average Bonchev–Trinajstić information content (AvgIpc) is 2.60. The number of carbonyl (C=O) groups is 1. The van der Waals surface area contributed by atoms with E-state index in [0.29, 0.717) is 6.54 Å². The first-order valence-corrected chi connectivity index (χ1v) is 10.5. The second-order valence-corrected chi connectivity index (χ2v) is 8.65. The Kier molecular flexibility index (Phi) is 6.92. The molecular formula is C18H20Cl2N2O3S. The third-order valence-electron chi connectivity index (χ3n) is 3.86. The van der Waals surface area contributed by atoms with Crippen molar-refractivity contribution in [2.75, 3.05) is 23.7 Å². The summed E-state index contributed by atoms with van der Waals surface area (Å²) in [6.45, 7) is 2.00. The van der Waals surface area contributed by atoms with Crippen molar-refractivity contribution < 1.29 is 13.2 Å². The SMILES string of the molecule is C[C@H](CNC(=O)CN(c1cccc(Cl)c1Cl)S(C)(=O)=O)c1ccccc1. The van der Waals surface area contributed by atoms with Crippen molar-refractivity contribution in [3.63, 3.8) is 0 Å². The summed E-state index contributed by atoms with van der Waals surface area (Å²) in [6, 6.07) is 14.4. The number of nitrogens with zero attached hydrogens (tertiary/aromatic N) is 1. The summed E-state index contributed by atoms with van der Waals surface area (Å²) in [7, 11) is -3.71. The van der Waals surface area contributed by atoms with E-state index in [4.69, 9.17) is 23.2 Å². The Morgan fingerprint density at radius 1 is 1.12 bits per heavy atom. The summed E-state index contributed by atoms with van der Waals surface area (Å²) in [6.07, 6.45) is 1.02. The van der Waals surface area contributed by atoms with Gasteiger partial charge in [0.05, 0.1) is 22.0 Å². The van der Waals surface area contributed by atoms with E-state index in [1.165, 1.54) is 6.07 Å². The summed E-state index contributed by atoms with van der Waals surface area (Å²) < 4.78 is 25.2. The Hall–Kier alpha value is -1.76. The van der Waals surface area contributed by atoms with Crippen LogP contribution in [0.5, 0.6) is 0 Å². The molecule has 0 bridgehead atoms. The number of amides is 1. The number of carbonyl (C=O) groups excluding carboxylic acids is 1. The molecule has 2 aromatic rings. The number of rotatable bonds is 7. The zero-order valence-electron chi connectivity index (χ0n) is 14.4. The first kappa shape index (κ1) is 20.6. The zero-order valence-corrected chi connectivity index (χ0v) is 16.8. The molecule has 0 radical (unpaired) electrons. The molecule has 0 aliphatic carbocycles. The molecule has 0 aliphatic rings. The molecule has 0 fully saturated rings. The monoisotopic (exact) mass is 414 g/mol. The van der Waals surface area contributed by atoms with E-state index in [9.17, 15) is 13.2 Å². The van der Waals surface area contributed by atoms with E-state index in [-0.39, 0.29) is 28.2 Å². The second kappa shape index (κ2) is 8.75. The van der Waals surface area contributed by atoms with Gasteiger partial charge in [0.1, 0.15) is 6.54 Å². The van der Waals surface area contributed by atoms with Crippen molar-refractivity contribution in [2.24, 2.45) is 0 Å². The molecule has 0 aliphatic heterocycles. The van der Waals surface area contributed by atoms with E-state index in [1.807, 2.05) is 37.3 Å². The fraction of sp³-hybridized carbons (Fsp3) is 0.278. The molecule has 1 atom stereocenters. The van der Waals surface area contributed by atoms with Gasteiger partial charge >= 0.3 is 0 Å². The van der Waals surface area contributed by atoms with Crippen LogP contribution in [-0.4, -0.2) is 33.7 Å². The van der Waals surface area contributed by atoms with Crippen molar-refractivity contribution in [1.82, 2.24) is 5.32 Å². The van der Waals surface area contributed by atoms with Gasteiger partial charge in [0.2, 0.25) is 15.9 Å². The van der Waals surface area contributed by atoms with Crippen LogP contribution in [0.1, 0.15) is 18.4 Å². The van der Waals surface area contributed by atoms with Crippen LogP contribution < -0.4 is 9.62 Å². The minimum Gasteiger partial charge on any atom is -0.354 e. The molecule has 2 aromatic carbocycles. The molecule has 0 unspecified atom stereocenters. The van der Waals surface area contributed by atoms with Gasteiger partial charge in [-0.3, -0.25) is 9.10 Å². The van der Waals surface area contributed by atoms with Gasteiger partial charge in [-0.05, 0) is 23.6 Å². The topological polar surface area (TPSA) is 66.5 Å². The lowest BCUT2D eigenvalue weighted by atomic mass is 10.0. The third kappa shape index (κ3) is 5.37. The largest absolute Gasteiger partial charge is 0.354 e. The maximum Gasteiger partial charge on any atom is 0.240 e. The fourth-order valence-corrected chi connectivity index (χ4v) is 3.73. The van der Waals surface area contributed by atoms with Gasteiger partial charge in [0.15, 0.2) is 0 Å². The lowest BCUT2D eigenvalue weighted by molar-refractivity contribution is -0.119. The summed E-state index contributed by atoms with van der Waals surface area (Å²) >= 11 is 12.1. The Bertz CT molecular complexity index is 873. The van der Waals surface area contributed by atoms with Gasteiger partial charge in [-0.15, -0.1) is 0 Å². The average molecular weight is 415 g/mol. The molecule has 0 spiro atoms. The van der Waals surface area contributed by atoms with Gasteiger partial charge < -0.3 is 5.32 Å². The van der Waals surface area contributed by atoms with Crippen LogP contribution in [0.25, 0.3) is 0 Å². The number of sulfonamides is 1. The molecule has 8 heteroatoms. The van der Waals surface area contributed by atoms with Gasteiger partial charge in [-0.25, -0.2) is 8.42 Å². The number of hydrogen-bond donors (Lipinski definition) is 1. The molecular weight excluding hydrogens is 395 g/mol.